The molecule has 0 fully saturated rings. The average Bonchev–Trinajstić information content (AvgIpc) is 2.61. The lowest BCUT2D eigenvalue weighted by Crippen LogP contribution is -2.45. The SMILES string of the molecule is COc1ccc(S(=O)(=O)N[C@@H](C)C(=O)NC(C)c2ccccc2Cl)cc1. The molecular formula is C18H21ClN2O4S. The van der Waals surface area contributed by atoms with E-state index in [0.29, 0.717) is 10.8 Å². The molecule has 2 rings (SSSR count). The number of sulfonamides is 1. The molecule has 0 bridgehead atoms. The van der Waals surface area contributed by atoms with Gasteiger partial charge in [0, 0.05) is 5.02 Å². The minimum Gasteiger partial charge on any atom is -0.497 e. The quantitative estimate of drug-likeness (QED) is 0.753. The van der Waals surface area contributed by atoms with Crippen LogP contribution in [0.3, 0.4) is 0 Å². The smallest absolute Gasteiger partial charge is 0.241 e. The fourth-order valence-corrected chi connectivity index (χ4v) is 3.85. The second kappa shape index (κ2) is 8.53. The van der Waals surface area contributed by atoms with Crippen LogP contribution in [-0.4, -0.2) is 27.5 Å². The van der Waals surface area contributed by atoms with Gasteiger partial charge in [-0.15, -0.1) is 0 Å². The third-order valence-electron chi connectivity index (χ3n) is 3.83. The van der Waals surface area contributed by atoms with Gasteiger partial charge < -0.3 is 10.1 Å². The summed E-state index contributed by atoms with van der Waals surface area (Å²) in [6, 6.07) is 11.8. The summed E-state index contributed by atoms with van der Waals surface area (Å²) in [6.45, 7) is 3.26. The van der Waals surface area contributed by atoms with Crippen LogP contribution in [0.4, 0.5) is 0 Å². The van der Waals surface area contributed by atoms with Crippen molar-refractivity contribution in [3.05, 3.63) is 59.1 Å². The van der Waals surface area contributed by atoms with Crippen molar-refractivity contribution >= 4 is 27.5 Å². The summed E-state index contributed by atoms with van der Waals surface area (Å²) in [7, 11) is -2.34. The lowest BCUT2D eigenvalue weighted by molar-refractivity contribution is -0.123. The Bertz CT molecular complexity index is 869. The Hall–Kier alpha value is -2.09. The highest BCUT2D eigenvalue weighted by molar-refractivity contribution is 7.89. The molecule has 1 unspecified atom stereocenters. The molecule has 0 radical (unpaired) electrons. The molecule has 140 valence electrons. The van der Waals surface area contributed by atoms with Crippen LogP contribution >= 0.6 is 11.6 Å². The van der Waals surface area contributed by atoms with Crippen LogP contribution in [0.1, 0.15) is 25.5 Å². The molecule has 26 heavy (non-hydrogen) atoms. The Kier molecular flexibility index (Phi) is 6.63. The van der Waals surface area contributed by atoms with E-state index in [1.165, 1.54) is 26.2 Å². The molecule has 6 nitrogen and oxygen atoms in total. The first-order valence-corrected chi connectivity index (χ1v) is 9.82. The van der Waals surface area contributed by atoms with Crippen molar-refractivity contribution in [2.45, 2.75) is 30.8 Å². The molecule has 8 heteroatoms. The third kappa shape index (κ3) is 4.97. The molecule has 0 aliphatic heterocycles. The standard InChI is InChI=1S/C18H21ClN2O4S/c1-12(16-6-4-5-7-17(16)19)20-18(22)13(2)21-26(23,24)15-10-8-14(25-3)9-11-15/h4-13,21H,1-3H3,(H,20,22)/t12?,13-/m0/s1. The molecule has 0 heterocycles. The number of rotatable bonds is 7. The summed E-state index contributed by atoms with van der Waals surface area (Å²) in [5.74, 6) is 0.0952. The average molecular weight is 397 g/mol. The number of amides is 1. The maximum absolute atomic E-state index is 12.4. The van der Waals surface area contributed by atoms with E-state index < -0.39 is 22.0 Å². The Morgan fingerprint density at radius 3 is 2.27 bits per heavy atom. The van der Waals surface area contributed by atoms with E-state index >= 15 is 0 Å². The maximum atomic E-state index is 12.4. The molecular weight excluding hydrogens is 376 g/mol. The fraction of sp³-hybridized carbons (Fsp3) is 0.278. The first kappa shape index (κ1) is 20.2. The first-order chi connectivity index (χ1) is 12.2. The zero-order chi connectivity index (χ0) is 19.3. The molecule has 0 spiro atoms. The molecule has 2 aromatic rings. The normalized spacial score (nSPS) is 13.7. The lowest BCUT2D eigenvalue weighted by atomic mass is 10.1. The number of methoxy groups -OCH3 is 1. The summed E-state index contributed by atoms with van der Waals surface area (Å²) in [5.41, 5.74) is 0.757. The monoisotopic (exact) mass is 396 g/mol. The summed E-state index contributed by atoms with van der Waals surface area (Å²) in [4.78, 5) is 12.4. The van der Waals surface area contributed by atoms with E-state index in [9.17, 15) is 13.2 Å². The number of benzene rings is 2. The first-order valence-electron chi connectivity index (χ1n) is 7.96. The minimum atomic E-state index is -3.83. The molecule has 0 aliphatic rings. The van der Waals surface area contributed by atoms with Gasteiger partial charge in [-0.1, -0.05) is 29.8 Å². The summed E-state index contributed by atoms with van der Waals surface area (Å²) >= 11 is 6.12. The number of carbonyl (C=O) groups excluding carboxylic acids is 1. The Morgan fingerprint density at radius 2 is 1.69 bits per heavy atom. The van der Waals surface area contributed by atoms with Crippen molar-refractivity contribution in [2.24, 2.45) is 0 Å². The van der Waals surface area contributed by atoms with Gasteiger partial charge in [0.1, 0.15) is 5.75 Å². The fourth-order valence-electron chi connectivity index (χ4n) is 2.35. The van der Waals surface area contributed by atoms with Gasteiger partial charge in [-0.2, -0.15) is 4.72 Å². The van der Waals surface area contributed by atoms with E-state index in [4.69, 9.17) is 16.3 Å². The van der Waals surface area contributed by atoms with E-state index in [1.807, 2.05) is 6.07 Å². The number of hydrogen-bond acceptors (Lipinski definition) is 4. The predicted octanol–water partition coefficient (Wildman–Crippen LogP) is 2.89. The highest BCUT2D eigenvalue weighted by Crippen LogP contribution is 2.22. The molecule has 0 aromatic heterocycles. The van der Waals surface area contributed by atoms with Crippen molar-refractivity contribution in [3.63, 3.8) is 0 Å². The van der Waals surface area contributed by atoms with Crippen LogP contribution in [0.2, 0.25) is 5.02 Å². The van der Waals surface area contributed by atoms with Gasteiger partial charge in [0.25, 0.3) is 0 Å². The van der Waals surface area contributed by atoms with Crippen LogP contribution in [-0.2, 0) is 14.8 Å². The molecule has 0 saturated heterocycles. The molecule has 0 saturated carbocycles. The lowest BCUT2D eigenvalue weighted by Gasteiger charge is -2.19. The molecule has 2 atom stereocenters. The topological polar surface area (TPSA) is 84.5 Å². The number of hydrogen-bond donors (Lipinski definition) is 2. The van der Waals surface area contributed by atoms with Gasteiger partial charge in [0.2, 0.25) is 15.9 Å². The largest absolute Gasteiger partial charge is 0.497 e. The molecule has 1 amide bonds. The highest BCUT2D eigenvalue weighted by Gasteiger charge is 2.23. The van der Waals surface area contributed by atoms with Crippen molar-refractivity contribution in [2.75, 3.05) is 7.11 Å². The van der Waals surface area contributed by atoms with Gasteiger partial charge in [-0.25, -0.2) is 8.42 Å². The van der Waals surface area contributed by atoms with Crippen molar-refractivity contribution < 1.29 is 17.9 Å². The minimum absolute atomic E-state index is 0.0529. The van der Waals surface area contributed by atoms with E-state index in [0.717, 1.165) is 5.56 Å². The zero-order valence-corrected chi connectivity index (χ0v) is 16.3. The van der Waals surface area contributed by atoms with Crippen LogP contribution < -0.4 is 14.8 Å². The third-order valence-corrected chi connectivity index (χ3v) is 5.73. The van der Waals surface area contributed by atoms with Gasteiger partial charge >= 0.3 is 0 Å². The van der Waals surface area contributed by atoms with E-state index in [2.05, 4.69) is 10.0 Å². The summed E-state index contributed by atoms with van der Waals surface area (Å²) in [5, 5.41) is 3.29. The van der Waals surface area contributed by atoms with Gasteiger partial charge in [-0.3, -0.25) is 4.79 Å². The highest BCUT2D eigenvalue weighted by atomic mass is 35.5. The van der Waals surface area contributed by atoms with Gasteiger partial charge in [-0.05, 0) is 49.7 Å². The van der Waals surface area contributed by atoms with E-state index in [1.54, 1.807) is 37.3 Å². The van der Waals surface area contributed by atoms with Crippen LogP contribution in [0.15, 0.2) is 53.4 Å². The second-order valence-electron chi connectivity index (χ2n) is 5.77. The Morgan fingerprint density at radius 1 is 1.08 bits per heavy atom. The number of carbonyl (C=O) groups is 1. The Balaban J connectivity index is 2.04. The van der Waals surface area contributed by atoms with Crippen LogP contribution in [0.5, 0.6) is 5.75 Å². The second-order valence-corrected chi connectivity index (χ2v) is 7.89. The van der Waals surface area contributed by atoms with Crippen molar-refractivity contribution in [1.29, 1.82) is 0 Å². The van der Waals surface area contributed by atoms with Gasteiger partial charge in [0.15, 0.2) is 0 Å². The van der Waals surface area contributed by atoms with Crippen LogP contribution in [0.25, 0.3) is 0 Å². The molecule has 0 aliphatic carbocycles. The number of nitrogens with one attached hydrogen (secondary N) is 2. The van der Waals surface area contributed by atoms with Crippen LogP contribution in [0, 0.1) is 0 Å². The Labute approximate surface area is 158 Å². The van der Waals surface area contributed by atoms with Crippen molar-refractivity contribution in [3.8, 4) is 5.75 Å². The molecule has 2 aromatic carbocycles. The van der Waals surface area contributed by atoms with E-state index in [-0.39, 0.29) is 10.9 Å². The predicted molar refractivity (Wildman–Crippen MR) is 101 cm³/mol. The zero-order valence-electron chi connectivity index (χ0n) is 14.7. The molecule has 2 N–H and O–H groups in total. The number of ether oxygens (including phenoxy) is 1. The van der Waals surface area contributed by atoms with Gasteiger partial charge in [0.05, 0.1) is 24.1 Å². The maximum Gasteiger partial charge on any atom is 0.241 e. The number of halogens is 1. The van der Waals surface area contributed by atoms with Crippen molar-refractivity contribution in [1.82, 2.24) is 10.0 Å². The summed E-state index contributed by atoms with van der Waals surface area (Å²) < 4.78 is 32.2. The summed E-state index contributed by atoms with van der Waals surface area (Å²) in [6.07, 6.45) is 0.